The monoisotopic (exact) mass is 702 g/mol. The van der Waals surface area contributed by atoms with Gasteiger partial charge in [0.25, 0.3) is 0 Å². The van der Waals surface area contributed by atoms with Crippen LogP contribution in [0.3, 0.4) is 0 Å². The van der Waals surface area contributed by atoms with Crippen molar-refractivity contribution in [1.82, 2.24) is 9.62 Å². The van der Waals surface area contributed by atoms with Crippen molar-refractivity contribution in [1.29, 1.82) is 0 Å². The van der Waals surface area contributed by atoms with Crippen molar-refractivity contribution in [2.45, 2.75) is 53.3 Å². The SMILES string of the molecule is COc1c(-c2ccc(CN)cc2)cccc1S(=O)(=O)N1CCC2(CC1)CC(NCC(O)COc1cccc(S(=O)(=O)CC(N)=O)c1)CO2. The fourth-order valence-corrected chi connectivity index (χ4v) is 8.90. The number of benzene rings is 3. The lowest BCUT2D eigenvalue weighted by Crippen LogP contribution is -2.47. The van der Waals surface area contributed by atoms with E-state index in [1.54, 1.807) is 18.2 Å². The predicted octanol–water partition coefficient (Wildman–Crippen LogP) is 1.42. The number of rotatable bonds is 14. The molecule has 260 valence electrons. The van der Waals surface area contributed by atoms with Gasteiger partial charge in [-0.05, 0) is 54.7 Å². The molecule has 0 radical (unpaired) electrons. The highest BCUT2D eigenvalue weighted by atomic mass is 32.2. The van der Waals surface area contributed by atoms with Crippen LogP contribution >= 0.6 is 0 Å². The van der Waals surface area contributed by atoms with Crippen molar-refractivity contribution < 1.29 is 40.9 Å². The summed E-state index contributed by atoms with van der Waals surface area (Å²) in [6.07, 6.45) is 0.802. The number of carbonyl (C=O) groups is 1. The van der Waals surface area contributed by atoms with Crippen molar-refractivity contribution in [3.05, 3.63) is 72.3 Å². The summed E-state index contributed by atoms with van der Waals surface area (Å²) < 4.78 is 71.2. The summed E-state index contributed by atoms with van der Waals surface area (Å²) >= 11 is 0. The molecule has 1 spiro atoms. The molecule has 1 amide bonds. The number of hydrogen-bond acceptors (Lipinski definition) is 11. The number of amides is 1. The number of methoxy groups -OCH3 is 1. The van der Waals surface area contributed by atoms with E-state index in [2.05, 4.69) is 5.32 Å². The van der Waals surface area contributed by atoms with Crippen LogP contribution in [0, 0.1) is 0 Å². The molecule has 0 saturated carbocycles. The lowest BCUT2D eigenvalue weighted by atomic mass is 9.88. The molecule has 13 nitrogen and oxygen atoms in total. The van der Waals surface area contributed by atoms with Crippen LogP contribution in [0.5, 0.6) is 11.5 Å². The number of sulfone groups is 1. The summed E-state index contributed by atoms with van der Waals surface area (Å²) in [5.41, 5.74) is 12.8. The van der Waals surface area contributed by atoms with Gasteiger partial charge in [-0.3, -0.25) is 4.79 Å². The quantitative estimate of drug-likeness (QED) is 0.189. The standard InChI is InChI=1S/C33H42N4O9S2/c1-44-32-29(24-10-8-23(18-34)9-11-24)6-3-7-30(32)48(42,43)37-14-12-33(13-15-37)17-25(20-46-33)36-19-26(38)21-45-27-4-2-5-28(16-27)47(40,41)22-31(35)39/h2-11,16,25-26,36,38H,12-15,17-22,34H2,1H3,(H2,35,39). The molecule has 2 unspecified atom stereocenters. The van der Waals surface area contributed by atoms with Gasteiger partial charge in [0.1, 0.15) is 34.9 Å². The number of ether oxygens (including phenoxy) is 3. The van der Waals surface area contributed by atoms with E-state index in [4.69, 9.17) is 25.7 Å². The average Bonchev–Trinajstić information content (AvgIpc) is 3.47. The van der Waals surface area contributed by atoms with Crippen LogP contribution in [0.1, 0.15) is 24.8 Å². The molecule has 0 bridgehead atoms. The summed E-state index contributed by atoms with van der Waals surface area (Å²) in [7, 11) is -6.28. The van der Waals surface area contributed by atoms with Crippen LogP contribution < -0.4 is 26.3 Å². The molecule has 2 atom stereocenters. The molecule has 6 N–H and O–H groups in total. The molecular formula is C33H42N4O9S2. The Bertz CT molecular complexity index is 1810. The summed E-state index contributed by atoms with van der Waals surface area (Å²) in [4.78, 5) is 11.1. The van der Waals surface area contributed by atoms with Crippen molar-refractivity contribution in [3.63, 3.8) is 0 Å². The molecule has 3 aromatic carbocycles. The van der Waals surface area contributed by atoms with Gasteiger partial charge in [0, 0.05) is 37.8 Å². The van der Waals surface area contributed by atoms with Crippen LogP contribution in [-0.4, -0.2) is 95.6 Å². The van der Waals surface area contributed by atoms with E-state index >= 15 is 0 Å². The Labute approximate surface area is 281 Å². The average molecular weight is 703 g/mol. The van der Waals surface area contributed by atoms with Gasteiger partial charge in [-0.15, -0.1) is 0 Å². The Hall–Kier alpha value is -3.57. The second-order valence-corrected chi connectivity index (χ2v) is 16.0. The molecule has 2 heterocycles. The molecular weight excluding hydrogens is 661 g/mol. The maximum absolute atomic E-state index is 13.9. The fraction of sp³-hybridized carbons (Fsp3) is 0.424. The maximum atomic E-state index is 13.9. The van der Waals surface area contributed by atoms with E-state index < -0.39 is 43.2 Å². The normalized spacial score (nSPS) is 18.9. The number of nitrogens with one attached hydrogen (secondary N) is 1. The molecule has 2 aliphatic rings. The number of aliphatic hydroxyl groups is 1. The minimum absolute atomic E-state index is 0.0486. The van der Waals surface area contributed by atoms with Gasteiger partial charge in [0.05, 0.1) is 24.2 Å². The van der Waals surface area contributed by atoms with E-state index in [9.17, 15) is 26.7 Å². The number of nitrogens with zero attached hydrogens (tertiary/aromatic N) is 1. The maximum Gasteiger partial charge on any atom is 0.246 e. The number of nitrogens with two attached hydrogens (primary N) is 2. The van der Waals surface area contributed by atoms with Crippen molar-refractivity contribution >= 4 is 25.8 Å². The summed E-state index contributed by atoms with van der Waals surface area (Å²) in [6, 6.07) is 18.4. The zero-order valence-electron chi connectivity index (χ0n) is 26.7. The minimum atomic E-state index is -3.89. The summed E-state index contributed by atoms with van der Waals surface area (Å²) in [6.45, 7) is 1.52. The molecule has 2 aliphatic heterocycles. The first-order chi connectivity index (χ1) is 22.9. The van der Waals surface area contributed by atoms with E-state index in [0.29, 0.717) is 56.8 Å². The van der Waals surface area contributed by atoms with Crippen LogP contribution in [0.25, 0.3) is 11.1 Å². The number of hydrogen-bond donors (Lipinski definition) is 4. The number of primary amides is 1. The van der Waals surface area contributed by atoms with E-state index in [1.165, 1.54) is 29.6 Å². The second kappa shape index (κ2) is 14.9. The fourth-order valence-electron chi connectivity index (χ4n) is 6.16. The van der Waals surface area contributed by atoms with E-state index in [1.807, 2.05) is 30.3 Å². The summed E-state index contributed by atoms with van der Waals surface area (Å²) in [5.74, 6) is -1.24. The second-order valence-electron chi connectivity index (χ2n) is 12.1. The topological polar surface area (TPSA) is 201 Å². The third-order valence-corrected chi connectivity index (χ3v) is 12.3. The van der Waals surface area contributed by atoms with Crippen LogP contribution in [-0.2, 0) is 35.9 Å². The zero-order valence-corrected chi connectivity index (χ0v) is 28.3. The van der Waals surface area contributed by atoms with Crippen molar-refractivity contribution in [2.75, 3.05) is 45.7 Å². The van der Waals surface area contributed by atoms with Gasteiger partial charge in [-0.1, -0.05) is 42.5 Å². The Balaban J connectivity index is 1.13. The molecule has 5 rings (SSSR count). The van der Waals surface area contributed by atoms with Gasteiger partial charge >= 0.3 is 0 Å². The lowest BCUT2D eigenvalue weighted by molar-refractivity contribution is -0.115. The highest BCUT2D eigenvalue weighted by molar-refractivity contribution is 7.92. The Morgan fingerprint density at radius 2 is 1.79 bits per heavy atom. The molecule has 48 heavy (non-hydrogen) atoms. The number of sulfonamides is 1. The molecule has 15 heteroatoms. The van der Waals surface area contributed by atoms with Gasteiger partial charge in [-0.25, -0.2) is 16.8 Å². The predicted molar refractivity (Wildman–Crippen MR) is 179 cm³/mol. The number of para-hydroxylation sites is 1. The van der Waals surface area contributed by atoms with Crippen molar-refractivity contribution in [3.8, 4) is 22.6 Å². The van der Waals surface area contributed by atoms with Gasteiger partial charge in [0.15, 0.2) is 9.84 Å². The van der Waals surface area contributed by atoms with E-state index in [0.717, 1.165) is 11.1 Å². The van der Waals surface area contributed by atoms with Gasteiger partial charge in [-0.2, -0.15) is 4.31 Å². The highest BCUT2D eigenvalue weighted by Gasteiger charge is 2.45. The zero-order chi connectivity index (χ0) is 34.5. The van der Waals surface area contributed by atoms with Crippen molar-refractivity contribution in [2.24, 2.45) is 11.5 Å². The Morgan fingerprint density at radius 1 is 1.08 bits per heavy atom. The number of piperidine rings is 1. The largest absolute Gasteiger partial charge is 0.495 e. The number of aliphatic hydroxyl groups excluding tert-OH is 1. The molecule has 0 aromatic heterocycles. The van der Waals surface area contributed by atoms with Gasteiger partial charge in [0.2, 0.25) is 15.9 Å². The molecule has 2 saturated heterocycles. The molecule has 2 fully saturated rings. The first-order valence-corrected chi connectivity index (χ1v) is 18.7. The van der Waals surface area contributed by atoms with Crippen LogP contribution in [0.2, 0.25) is 0 Å². The minimum Gasteiger partial charge on any atom is -0.495 e. The van der Waals surface area contributed by atoms with Crippen LogP contribution in [0.4, 0.5) is 0 Å². The van der Waals surface area contributed by atoms with Gasteiger partial charge < -0.3 is 36.1 Å². The Morgan fingerprint density at radius 3 is 2.46 bits per heavy atom. The highest BCUT2D eigenvalue weighted by Crippen LogP contribution is 2.41. The first-order valence-electron chi connectivity index (χ1n) is 15.6. The third kappa shape index (κ3) is 8.17. The first kappa shape index (κ1) is 35.7. The Kier molecular flexibility index (Phi) is 11.1. The summed E-state index contributed by atoms with van der Waals surface area (Å²) in [5, 5.41) is 13.8. The lowest BCUT2D eigenvalue weighted by Gasteiger charge is -2.38. The molecule has 0 aliphatic carbocycles. The molecule has 3 aromatic rings. The number of carbonyl (C=O) groups excluding carboxylic acids is 1. The van der Waals surface area contributed by atoms with Crippen LogP contribution in [0.15, 0.2) is 76.5 Å². The van der Waals surface area contributed by atoms with E-state index in [-0.39, 0.29) is 34.7 Å². The third-order valence-electron chi connectivity index (χ3n) is 8.73. The smallest absolute Gasteiger partial charge is 0.246 e.